The molecule has 0 aromatic rings. The molecular formula is C2H4NO4Ti. The summed E-state index contributed by atoms with van der Waals surface area (Å²) in [6, 6.07) is 0. The van der Waals surface area contributed by atoms with Crippen LogP contribution in [-0.4, -0.2) is 11.9 Å². The number of hydrogen-bond acceptors (Lipinski definition) is 4. The van der Waals surface area contributed by atoms with Crippen LogP contribution in [0.2, 0.25) is 0 Å². The van der Waals surface area contributed by atoms with Crippen LogP contribution in [0.15, 0.2) is 0 Å². The molecule has 0 aliphatic carbocycles. The van der Waals surface area contributed by atoms with E-state index < -0.39 is 11.9 Å². The maximum absolute atomic E-state index is 8.93. The number of hydrogen-bond donors (Lipinski definition) is 1. The number of carboxylic acids is 2. The zero-order valence-corrected chi connectivity index (χ0v) is 5.69. The Morgan fingerprint density at radius 1 is 1.00 bits per heavy atom. The first-order valence-electron chi connectivity index (χ1n) is 1.07. The normalized spacial score (nSPS) is 5.50. The third-order valence-corrected chi connectivity index (χ3v) is 0.167. The third kappa shape index (κ3) is 9.15. The summed E-state index contributed by atoms with van der Waals surface area (Å²) in [6.45, 7) is 0. The summed E-state index contributed by atoms with van der Waals surface area (Å²) in [5.41, 5.74) is 0. The van der Waals surface area contributed by atoms with E-state index in [0.717, 1.165) is 0 Å². The molecule has 5 nitrogen and oxygen atoms in total. The van der Waals surface area contributed by atoms with Gasteiger partial charge in [-0.2, -0.15) is 0 Å². The van der Waals surface area contributed by atoms with Crippen LogP contribution in [0.5, 0.6) is 0 Å². The van der Waals surface area contributed by atoms with Crippen molar-refractivity contribution in [2.75, 3.05) is 0 Å². The smallest absolute Gasteiger partial charge is 0.543 e. The van der Waals surface area contributed by atoms with Gasteiger partial charge < -0.3 is 26.0 Å². The Bertz CT molecular complexity index is 80.0. The average Bonchev–Trinajstić information content (AvgIpc) is 1.36. The maximum atomic E-state index is 8.93. The molecule has 0 heterocycles. The van der Waals surface area contributed by atoms with Crippen LogP contribution < -0.4 is 16.4 Å². The fourth-order valence-electron chi connectivity index (χ4n) is 0. The molecule has 6 heteroatoms. The molecule has 8 heavy (non-hydrogen) atoms. The zero-order valence-electron chi connectivity index (χ0n) is 4.13. The van der Waals surface area contributed by atoms with Gasteiger partial charge in [-0.1, -0.05) is 0 Å². The molecule has 0 rings (SSSR count). The molecule has 0 atom stereocenters. The monoisotopic (exact) mass is 154 g/mol. The molecule has 0 fully saturated rings. The zero-order chi connectivity index (χ0) is 5.15. The molecule has 45 valence electrons. The van der Waals surface area contributed by atoms with Crippen LogP contribution >= 0.6 is 0 Å². The third-order valence-electron chi connectivity index (χ3n) is 0.167. The van der Waals surface area contributed by atoms with Crippen molar-refractivity contribution >= 4 is 11.9 Å². The number of carbonyl (C=O) groups is 2. The van der Waals surface area contributed by atoms with Crippen molar-refractivity contribution in [2.45, 2.75) is 0 Å². The van der Waals surface area contributed by atoms with E-state index in [4.69, 9.17) is 19.8 Å². The summed E-state index contributed by atoms with van der Waals surface area (Å²) in [6.07, 6.45) is 0. The quantitative estimate of drug-likeness (QED) is 0.293. The van der Waals surface area contributed by atoms with Crippen LogP contribution in [0.25, 0.3) is 0 Å². The van der Waals surface area contributed by atoms with Gasteiger partial charge in [-0.25, -0.2) is 0 Å². The van der Waals surface area contributed by atoms with Gasteiger partial charge in [0.05, 0.1) is 11.9 Å². The first-order chi connectivity index (χ1) is 2.64. The second kappa shape index (κ2) is 6.61. The molecule has 0 aliphatic heterocycles. The molecular weight excluding hydrogens is 150 g/mol. The van der Waals surface area contributed by atoms with Crippen molar-refractivity contribution in [2.24, 2.45) is 0 Å². The van der Waals surface area contributed by atoms with E-state index in [9.17, 15) is 0 Å². The number of carboxylic acid groups (broad SMARTS) is 2. The first kappa shape index (κ1) is 15.6. The van der Waals surface area contributed by atoms with Crippen LogP contribution in [0.1, 0.15) is 0 Å². The summed E-state index contributed by atoms with van der Waals surface area (Å²) < 4.78 is 0. The SMILES string of the molecule is O=C([O-])C(=O)[O-].[NH4+].[Ti+]. The molecule has 1 radical (unpaired) electrons. The molecule has 0 spiro atoms. The fourth-order valence-corrected chi connectivity index (χ4v) is 0. The topological polar surface area (TPSA) is 117 Å². The van der Waals surface area contributed by atoms with Gasteiger partial charge in [0.15, 0.2) is 0 Å². The van der Waals surface area contributed by atoms with E-state index in [1.165, 1.54) is 0 Å². The molecule has 0 aliphatic rings. The molecule has 0 saturated carbocycles. The summed E-state index contributed by atoms with van der Waals surface area (Å²) >= 11 is 0. The summed E-state index contributed by atoms with van der Waals surface area (Å²) in [5, 5.41) is 17.9. The van der Waals surface area contributed by atoms with E-state index >= 15 is 0 Å². The van der Waals surface area contributed by atoms with Gasteiger partial charge in [-0.05, 0) is 0 Å². The van der Waals surface area contributed by atoms with E-state index in [1.807, 2.05) is 0 Å². The van der Waals surface area contributed by atoms with Gasteiger partial charge in [-0.15, -0.1) is 0 Å². The Balaban J connectivity index is -0.000000125. The minimum absolute atomic E-state index is 0. The predicted octanol–water partition coefficient (Wildman–Crippen LogP) is -3.14. The Kier molecular flexibility index (Phi) is 12.9. The molecule has 0 saturated heterocycles. The van der Waals surface area contributed by atoms with Crippen molar-refractivity contribution in [3.63, 3.8) is 0 Å². The van der Waals surface area contributed by atoms with Gasteiger partial charge in [-0.3, -0.25) is 0 Å². The van der Waals surface area contributed by atoms with Crippen molar-refractivity contribution in [3.8, 4) is 0 Å². The predicted molar refractivity (Wildman–Crippen MR) is 16.0 cm³/mol. The first-order valence-corrected chi connectivity index (χ1v) is 1.07. The van der Waals surface area contributed by atoms with Gasteiger partial charge in [0.2, 0.25) is 0 Å². The molecule has 0 aromatic heterocycles. The van der Waals surface area contributed by atoms with Crippen molar-refractivity contribution in [3.05, 3.63) is 0 Å². The molecule has 0 bridgehead atoms. The van der Waals surface area contributed by atoms with Gasteiger partial charge in [0.25, 0.3) is 0 Å². The van der Waals surface area contributed by atoms with Crippen LogP contribution in [0.3, 0.4) is 0 Å². The Hall–Kier alpha value is -0.386. The van der Waals surface area contributed by atoms with Crippen molar-refractivity contribution < 1.29 is 41.5 Å². The number of rotatable bonds is 0. The van der Waals surface area contributed by atoms with Crippen LogP contribution in [-0.2, 0) is 31.3 Å². The van der Waals surface area contributed by atoms with E-state index in [2.05, 4.69) is 0 Å². The summed E-state index contributed by atoms with van der Waals surface area (Å²) in [7, 11) is 0. The molecule has 0 amide bonds. The van der Waals surface area contributed by atoms with Gasteiger partial charge in [0.1, 0.15) is 0 Å². The number of carbonyl (C=O) groups excluding carboxylic acids is 2. The fraction of sp³-hybridized carbons (Fsp3) is 0. The van der Waals surface area contributed by atoms with Crippen molar-refractivity contribution in [1.29, 1.82) is 0 Å². The Morgan fingerprint density at radius 3 is 1.12 bits per heavy atom. The van der Waals surface area contributed by atoms with Crippen molar-refractivity contribution in [1.82, 2.24) is 6.15 Å². The van der Waals surface area contributed by atoms with Crippen LogP contribution in [0, 0.1) is 0 Å². The van der Waals surface area contributed by atoms with E-state index in [-0.39, 0.29) is 27.9 Å². The maximum Gasteiger partial charge on any atom is 1.00 e. The standard InChI is InChI=1S/C2H2O4.H3N.Ti/c3-1(4)2(5)6;;/h(H,3,4)(H,5,6);1H3;/q;;+1/p-1. The average molecular weight is 154 g/mol. The minimum Gasteiger partial charge on any atom is -0.543 e. The largest absolute Gasteiger partial charge is 1.00 e. The molecule has 4 N–H and O–H groups in total. The summed E-state index contributed by atoms with van der Waals surface area (Å²) in [5.74, 6) is -4.37. The minimum atomic E-state index is -2.19. The van der Waals surface area contributed by atoms with Gasteiger partial charge >= 0.3 is 21.7 Å². The Morgan fingerprint density at radius 2 is 1.12 bits per heavy atom. The van der Waals surface area contributed by atoms with Crippen LogP contribution in [0.4, 0.5) is 0 Å². The molecule has 0 unspecified atom stereocenters. The summed E-state index contributed by atoms with van der Waals surface area (Å²) in [4.78, 5) is 17.9. The second-order valence-electron chi connectivity index (χ2n) is 0.575. The van der Waals surface area contributed by atoms with E-state index in [1.54, 1.807) is 0 Å². The molecule has 0 aromatic carbocycles. The number of quaternary nitrogens is 1. The second-order valence-corrected chi connectivity index (χ2v) is 0.575. The van der Waals surface area contributed by atoms with E-state index in [0.29, 0.717) is 0 Å². The Labute approximate surface area is 60.2 Å². The number of aliphatic carboxylic acids is 2. The van der Waals surface area contributed by atoms with Gasteiger partial charge in [0, 0.05) is 0 Å².